The molecule has 0 aliphatic heterocycles. The Kier molecular flexibility index (Phi) is 4.14. The smallest absolute Gasteiger partial charge is 0.308 e. The zero-order chi connectivity index (χ0) is 16.4. The van der Waals surface area contributed by atoms with Gasteiger partial charge in [0.05, 0.1) is 17.8 Å². The van der Waals surface area contributed by atoms with E-state index in [0.29, 0.717) is 18.4 Å². The maximum absolute atomic E-state index is 12.3. The minimum absolute atomic E-state index is 0.230. The van der Waals surface area contributed by atoms with Gasteiger partial charge >= 0.3 is 5.97 Å². The lowest BCUT2D eigenvalue weighted by Crippen LogP contribution is -2.40. The summed E-state index contributed by atoms with van der Waals surface area (Å²) < 4.78 is 1.74. The van der Waals surface area contributed by atoms with Crippen LogP contribution in [0, 0.1) is 12.8 Å². The number of aliphatic carboxylic acids is 1. The van der Waals surface area contributed by atoms with Gasteiger partial charge in [-0.25, -0.2) is 4.68 Å². The molecule has 23 heavy (non-hydrogen) atoms. The molecule has 0 saturated heterocycles. The largest absolute Gasteiger partial charge is 0.481 e. The van der Waals surface area contributed by atoms with Crippen molar-refractivity contribution in [1.82, 2.24) is 15.1 Å². The van der Waals surface area contributed by atoms with Crippen LogP contribution in [0.15, 0.2) is 36.7 Å². The van der Waals surface area contributed by atoms with Crippen molar-refractivity contribution in [3.63, 3.8) is 0 Å². The van der Waals surface area contributed by atoms with Crippen molar-refractivity contribution in [2.24, 2.45) is 5.92 Å². The van der Waals surface area contributed by atoms with E-state index < -0.39 is 11.9 Å². The summed E-state index contributed by atoms with van der Waals surface area (Å²) in [4.78, 5) is 23.5. The monoisotopic (exact) mass is 313 g/mol. The van der Waals surface area contributed by atoms with Crippen LogP contribution in [0.2, 0.25) is 0 Å². The molecule has 2 aromatic rings. The molecule has 0 spiro atoms. The molecule has 1 amide bonds. The highest BCUT2D eigenvalue weighted by molar-refractivity contribution is 5.94. The van der Waals surface area contributed by atoms with Crippen LogP contribution in [0.4, 0.5) is 0 Å². The van der Waals surface area contributed by atoms with E-state index in [9.17, 15) is 14.7 Å². The van der Waals surface area contributed by atoms with Gasteiger partial charge in [-0.2, -0.15) is 5.10 Å². The highest BCUT2D eigenvalue weighted by Crippen LogP contribution is 2.26. The van der Waals surface area contributed by atoms with Crippen molar-refractivity contribution < 1.29 is 14.7 Å². The molecule has 1 heterocycles. The van der Waals surface area contributed by atoms with E-state index in [4.69, 9.17) is 0 Å². The summed E-state index contributed by atoms with van der Waals surface area (Å²) in [5.41, 5.74) is 2.46. The van der Waals surface area contributed by atoms with Crippen LogP contribution in [0.5, 0.6) is 0 Å². The average molecular weight is 313 g/mol. The number of carboxylic acids is 1. The van der Waals surface area contributed by atoms with E-state index in [-0.39, 0.29) is 11.9 Å². The van der Waals surface area contributed by atoms with Gasteiger partial charge in [0, 0.05) is 17.8 Å². The Hall–Kier alpha value is -2.63. The number of rotatable bonds is 4. The van der Waals surface area contributed by atoms with Crippen LogP contribution in [0.1, 0.15) is 35.2 Å². The van der Waals surface area contributed by atoms with Crippen LogP contribution < -0.4 is 5.32 Å². The summed E-state index contributed by atoms with van der Waals surface area (Å²) in [5, 5.41) is 16.2. The van der Waals surface area contributed by atoms with Gasteiger partial charge in [-0.05, 0) is 49.6 Å². The Labute approximate surface area is 134 Å². The molecule has 1 aromatic heterocycles. The molecule has 1 aromatic carbocycles. The molecule has 1 aliphatic carbocycles. The number of carbonyl (C=O) groups excluding carboxylic acids is 1. The van der Waals surface area contributed by atoms with Gasteiger partial charge in [0.25, 0.3) is 5.91 Å². The second kappa shape index (κ2) is 6.24. The number of aromatic nitrogens is 2. The Morgan fingerprint density at radius 1 is 1.26 bits per heavy atom. The van der Waals surface area contributed by atoms with Crippen LogP contribution in [0.25, 0.3) is 5.69 Å². The number of nitrogens with zero attached hydrogens (tertiary/aromatic N) is 2. The van der Waals surface area contributed by atoms with E-state index in [2.05, 4.69) is 10.4 Å². The first-order valence-corrected chi connectivity index (χ1v) is 7.70. The average Bonchev–Trinajstić information content (AvgIpc) is 3.16. The normalized spacial score (nSPS) is 20.4. The molecule has 6 heteroatoms. The van der Waals surface area contributed by atoms with E-state index in [1.807, 2.05) is 25.3 Å². The Bertz CT molecular complexity index is 721. The number of carbonyl (C=O) groups is 2. The summed E-state index contributed by atoms with van der Waals surface area (Å²) in [6, 6.07) is 6.82. The van der Waals surface area contributed by atoms with Gasteiger partial charge in [-0.3, -0.25) is 9.59 Å². The third-order valence-corrected chi connectivity index (χ3v) is 4.26. The SMILES string of the molecule is Cc1cnn(-c2ccc(C(=O)N[C@@H]3CCC[C@@H]3C(=O)O)cc2)c1. The van der Waals surface area contributed by atoms with Gasteiger partial charge in [-0.15, -0.1) is 0 Å². The number of amides is 1. The zero-order valence-corrected chi connectivity index (χ0v) is 12.9. The first-order valence-electron chi connectivity index (χ1n) is 7.70. The molecule has 3 rings (SSSR count). The fraction of sp³-hybridized carbons (Fsp3) is 0.353. The third-order valence-electron chi connectivity index (χ3n) is 4.26. The molecule has 2 N–H and O–H groups in total. The number of aryl methyl sites for hydroxylation is 1. The van der Waals surface area contributed by atoms with Gasteiger partial charge < -0.3 is 10.4 Å². The molecule has 120 valence electrons. The van der Waals surface area contributed by atoms with Gasteiger partial charge in [0.2, 0.25) is 0 Å². The maximum Gasteiger partial charge on any atom is 0.308 e. The van der Waals surface area contributed by atoms with Gasteiger partial charge in [-0.1, -0.05) is 6.42 Å². The summed E-state index contributed by atoms with van der Waals surface area (Å²) in [6.45, 7) is 1.96. The summed E-state index contributed by atoms with van der Waals surface area (Å²) >= 11 is 0. The lowest BCUT2D eigenvalue weighted by atomic mass is 10.0. The van der Waals surface area contributed by atoms with Crippen LogP contribution in [-0.2, 0) is 4.79 Å². The molecule has 1 aliphatic rings. The van der Waals surface area contributed by atoms with Crippen molar-refractivity contribution in [2.45, 2.75) is 32.2 Å². The molecular formula is C17H19N3O3. The van der Waals surface area contributed by atoms with Crippen LogP contribution in [0.3, 0.4) is 0 Å². The molecule has 1 fully saturated rings. The molecule has 0 bridgehead atoms. The highest BCUT2D eigenvalue weighted by atomic mass is 16.4. The standard InChI is InChI=1S/C17H19N3O3/c1-11-9-18-20(10-11)13-7-5-12(6-8-13)16(21)19-15-4-2-3-14(15)17(22)23/h5-10,14-15H,2-4H2,1H3,(H,19,21)(H,22,23)/t14-,15+/m0/s1. The number of nitrogens with one attached hydrogen (secondary N) is 1. The summed E-state index contributed by atoms with van der Waals surface area (Å²) in [6.07, 6.45) is 5.85. The van der Waals surface area contributed by atoms with Crippen molar-refractivity contribution in [1.29, 1.82) is 0 Å². The van der Waals surface area contributed by atoms with Crippen molar-refractivity contribution in [3.05, 3.63) is 47.8 Å². The number of hydrogen-bond acceptors (Lipinski definition) is 3. The van der Waals surface area contributed by atoms with Crippen LogP contribution >= 0.6 is 0 Å². The second-order valence-electron chi connectivity index (χ2n) is 5.96. The zero-order valence-electron chi connectivity index (χ0n) is 12.9. The number of benzene rings is 1. The first kappa shape index (κ1) is 15.3. The Morgan fingerprint density at radius 2 is 2.00 bits per heavy atom. The minimum Gasteiger partial charge on any atom is -0.481 e. The second-order valence-corrected chi connectivity index (χ2v) is 5.96. The minimum atomic E-state index is -0.836. The molecule has 0 unspecified atom stereocenters. The van der Waals surface area contributed by atoms with E-state index in [1.54, 1.807) is 23.0 Å². The lowest BCUT2D eigenvalue weighted by molar-refractivity contribution is -0.142. The van der Waals surface area contributed by atoms with Crippen molar-refractivity contribution in [3.8, 4) is 5.69 Å². The molecule has 1 saturated carbocycles. The van der Waals surface area contributed by atoms with Crippen molar-refractivity contribution in [2.75, 3.05) is 0 Å². The van der Waals surface area contributed by atoms with Crippen LogP contribution in [-0.4, -0.2) is 32.8 Å². The third kappa shape index (κ3) is 3.26. The molecule has 2 atom stereocenters. The van der Waals surface area contributed by atoms with E-state index in [0.717, 1.165) is 17.7 Å². The number of carboxylic acid groups (broad SMARTS) is 1. The predicted molar refractivity (Wildman–Crippen MR) is 84.5 cm³/mol. The van der Waals surface area contributed by atoms with E-state index >= 15 is 0 Å². The molecule has 0 radical (unpaired) electrons. The van der Waals surface area contributed by atoms with Gasteiger partial charge in [0.15, 0.2) is 0 Å². The molecular weight excluding hydrogens is 294 g/mol. The first-order chi connectivity index (χ1) is 11.0. The lowest BCUT2D eigenvalue weighted by Gasteiger charge is -2.17. The van der Waals surface area contributed by atoms with Crippen molar-refractivity contribution >= 4 is 11.9 Å². The fourth-order valence-corrected chi connectivity index (χ4v) is 3.00. The molecule has 6 nitrogen and oxygen atoms in total. The summed E-state index contributed by atoms with van der Waals surface area (Å²) in [7, 11) is 0. The topological polar surface area (TPSA) is 84.2 Å². The fourth-order valence-electron chi connectivity index (χ4n) is 3.00. The number of hydrogen-bond donors (Lipinski definition) is 2. The highest BCUT2D eigenvalue weighted by Gasteiger charge is 2.33. The Balaban J connectivity index is 1.69. The quantitative estimate of drug-likeness (QED) is 0.906. The van der Waals surface area contributed by atoms with Gasteiger partial charge in [0.1, 0.15) is 0 Å². The Morgan fingerprint density at radius 3 is 2.61 bits per heavy atom. The van der Waals surface area contributed by atoms with E-state index in [1.165, 1.54) is 0 Å². The predicted octanol–water partition coefficient (Wildman–Crippen LogP) is 2.16. The summed E-state index contributed by atoms with van der Waals surface area (Å²) in [5.74, 6) is -1.55. The maximum atomic E-state index is 12.3.